The fraction of sp³-hybridized carbons (Fsp3) is 0.417. The Morgan fingerprint density at radius 2 is 1.69 bits per heavy atom. The summed E-state index contributed by atoms with van der Waals surface area (Å²) in [6, 6.07) is 11.5. The normalized spacial score (nSPS) is 18.8. The van der Waals surface area contributed by atoms with E-state index in [2.05, 4.69) is 22.1 Å². The summed E-state index contributed by atoms with van der Waals surface area (Å²) in [5, 5.41) is 0.587. The summed E-state index contributed by atoms with van der Waals surface area (Å²) in [4.78, 5) is 22.1. The molecule has 0 radical (unpaired) electrons. The molecule has 168 valence electrons. The first-order valence-electron chi connectivity index (χ1n) is 11.4. The number of amides is 1. The zero-order chi connectivity index (χ0) is 22.1. The third-order valence-corrected chi connectivity index (χ3v) is 8.73. The highest BCUT2D eigenvalue weighted by molar-refractivity contribution is 7.89. The maximum Gasteiger partial charge on any atom is 0.253 e. The molecule has 7 nitrogen and oxygen atoms in total. The van der Waals surface area contributed by atoms with E-state index in [0.29, 0.717) is 35.6 Å². The lowest BCUT2D eigenvalue weighted by Gasteiger charge is -2.34. The Bertz CT molecular complexity index is 1210. The molecular weight excluding hydrogens is 424 g/mol. The first kappa shape index (κ1) is 21.2. The van der Waals surface area contributed by atoms with Gasteiger partial charge in [-0.3, -0.25) is 4.79 Å². The van der Waals surface area contributed by atoms with Crippen molar-refractivity contribution in [2.45, 2.75) is 42.9 Å². The maximum absolute atomic E-state index is 13.2. The van der Waals surface area contributed by atoms with Crippen LogP contribution in [-0.4, -0.2) is 59.7 Å². The van der Waals surface area contributed by atoms with Crippen LogP contribution in [0, 0.1) is 0 Å². The Morgan fingerprint density at radius 1 is 0.969 bits per heavy atom. The molecular formula is C24H28N4O3S. The van der Waals surface area contributed by atoms with E-state index in [0.717, 1.165) is 0 Å². The molecule has 1 saturated heterocycles. The third-order valence-electron chi connectivity index (χ3n) is 6.79. The van der Waals surface area contributed by atoms with Gasteiger partial charge in [-0.1, -0.05) is 31.4 Å². The first-order chi connectivity index (χ1) is 15.5. The number of sulfonamides is 1. The van der Waals surface area contributed by atoms with Gasteiger partial charge in [0.25, 0.3) is 5.91 Å². The molecule has 3 heterocycles. The highest BCUT2D eigenvalue weighted by atomic mass is 32.2. The highest BCUT2D eigenvalue weighted by Crippen LogP contribution is 2.32. The van der Waals surface area contributed by atoms with Crippen LogP contribution in [0.2, 0.25) is 0 Å². The molecule has 2 aliphatic rings. The second-order valence-corrected chi connectivity index (χ2v) is 10.6. The van der Waals surface area contributed by atoms with Crippen molar-refractivity contribution >= 4 is 27.0 Å². The Labute approximate surface area is 188 Å². The van der Waals surface area contributed by atoms with Gasteiger partial charge in [-0.15, -0.1) is 0 Å². The molecule has 0 spiro atoms. The number of carbonyl (C=O) groups is 1. The number of aromatic amines is 1. The van der Waals surface area contributed by atoms with Gasteiger partial charge >= 0.3 is 0 Å². The fourth-order valence-electron chi connectivity index (χ4n) is 4.93. The van der Waals surface area contributed by atoms with Crippen molar-refractivity contribution in [1.82, 2.24) is 19.2 Å². The second kappa shape index (κ2) is 8.67. The zero-order valence-electron chi connectivity index (χ0n) is 18.0. The van der Waals surface area contributed by atoms with Gasteiger partial charge in [0.15, 0.2) is 0 Å². The van der Waals surface area contributed by atoms with Crippen molar-refractivity contribution in [3.8, 4) is 0 Å². The van der Waals surface area contributed by atoms with E-state index in [1.165, 1.54) is 48.2 Å². The molecule has 1 amide bonds. The summed E-state index contributed by atoms with van der Waals surface area (Å²) >= 11 is 0. The molecule has 0 unspecified atom stereocenters. The number of piperazine rings is 1. The van der Waals surface area contributed by atoms with E-state index in [1.54, 1.807) is 23.2 Å². The van der Waals surface area contributed by atoms with Crippen LogP contribution >= 0.6 is 0 Å². The predicted octanol–water partition coefficient (Wildman–Crippen LogP) is 3.76. The van der Waals surface area contributed by atoms with Gasteiger partial charge in [-0.2, -0.15) is 4.31 Å². The van der Waals surface area contributed by atoms with Crippen molar-refractivity contribution in [2.24, 2.45) is 0 Å². The predicted molar refractivity (Wildman–Crippen MR) is 123 cm³/mol. The number of pyridine rings is 1. The van der Waals surface area contributed by atoms with E-state index in [4.69, 9.17) is 0 Å². The van der Waals surface area contributed by atoms with Crippen LogP contribution in [0.1, 0.15) is 53.9 Å². The lowest BCUT2D eigenvalue weighted by molar-refractivity contribution is 0.0698. The molecule has 2 fully saturated rings. The monoisotopic (exact) mass is 452 g/mol. The molecule has 5 rings (SSSR count). The number of rotatable bonds is 4. The van der Waals surface area contributed by atoms with Crippen LogP contribution in [0.15, 0.2) is 53.7 Å². The fourth-order valence-corrected chi connectivity index (χ4v) is 6.50. The molecule has 1 saturated carbocycles. The molecule has 2 aromatic heterocycles. The van der Waals surface area contributed by atoms with Crippen molar-refractivity contribution in [1.29, 1.82) is 0 Å². The van der Waals surface area contributed by atoms with Gasteiger partial charge in [0.05, 0.1) is 0 Å². The molecule has 1 aromatic carbocycles. The van der Waals surface area contributed by atoms with E-state index in [-0.39, 0.29) is 23.9 Å². The zero-order valence-corrected chi connectivity index (χ0v) is 18.9. The van der Waals surface area contributed by atoms with Crippen molar-refractivity contribution in [3.05, 3.63) is 59.9 Å². The number of H-pyrrole nitrogens is 1. The highest BCUT2D eigenvalue weighted by Gasteiger charge is 2.32. The SMILES string of the molecule is O=C(c1ccc(C2CCCCC2)cc1)N1CCN(S(=O)(=O)c2c[nH]c3ncccc23)CC1. The van der Waals surface area contributed by atoms with Crippen molar-refractivity contribution in [2.75, 3.05) is 26.2 Å². The Hall–Kier alpha value is -2.71. The van der Waals surface area contributed by atoms with Crippen LogP contribution in [0.5, 0.6) is 0 Å². The summed E-state index contributed by atoms with van der Waals surface area (Å²) in [6.07, 6.45) is 9.49. The number of nitrogens with one attached hydrogen (secondary N) is 1. The summed E-state index contributed by atoms with van der Waals surface area (Å²) < 4.78 is 27.8. The quantitative estimate of drug-likeness (QED) is 0.653. The topological polar surface area (TPSA) is 86.4 Å². The van der Waals surface area contributed by atoms with Crippen LogP contribution in [0.3, 0.4) is 0 Å². The standard InChI is InChI=1S/C24H28N4O3S/c29-24(20-10-8-19(9-11-20)18-5-2-1-3-6-18)27-13-15-28(16-14-27)32(30,31)22-17-26-23-21(22)7-4-12-25-23/h4,7-12,17-18H,1-3,5-6,13-16H2,(H,25,26). The largest absolute Gasteiger partial charge is 0.345 e. The molecule has 8 heteroatoms. The second-order valence-electron chi connectivity index (χ2n) is 8.71. The number of carbonyl (C=O) groups excluding carboxylic acids is 1. The number of benzene rings is 1. The van der Waals surface area contributed by atoms with Crippen LogP contribution < -0.4 is 0 Å². The smallest absolute Gasteiger partial charge is 0.253 e. The van der Waals surface area contributed by atoms with E-state index >= 15 is 0 Å². The van der Waals surface area contributed by atoms with Crippen LogP contribution in [-0.2, 0) is 10.0 Å². The number of nitrogens with zero attached hydrogens (tertiary/aromatic N) is 3. The molecule has 32 heavy (non-hydrogen) atoms. The van der Waals surface area contributed by atoms with Gasteiger partial charge in [-0.25, -0.2) is 13.4 Å². The van der Waals surface area contributed by atoms with Crippen LogP contribution in [0.25, 0.3) is 11.0 Å². The summed E-state index contributed by atoms with van der Waals surface area (Å²) in [7, 11) is -3.65. The van der Waals surface area contributed by atoms with Crippen molar-refractivity contribution in [3.63, 3.8) is 0 Å². The molecule has 1 N–H and O–H groups in total. The van der Waals surface area contributed by atoms with Gasteiger partial charge < -0.3 is 9.88 Å². The summed E-state index contributed by atoms with van der Waals surface area (Å²) in [5.41, 5.74) is 2.55. The molecule has 0 bridgehead atoms. The lowest BCUT2D eigenvalue weighted by Crippen LogP contribution is -2.50. The average molecular weight is 453 g/mol. The van der Waals surface area contributed by atoms with Gasteiger partial charge in [0.2, 0.25) is 10.0 Å². The minimum atomic E-state index is -3.65. The molecule has 1 aliphatic heterocycles. The van der Waals surface area contributed by atoms with Crippen molar-refractivity contribution < 1.29 is 13.2 Å². The van der Waals surface area contributed by atoms with E-state index in [1.807, 2.05) is 12.1 Å². The third kappa shape index (κ3) is 3.93. The summed E-state index contributed by atoms with van der Waals surface area (Å²) in [6.45, 7) is 1.31. The minimum Gasteiger partial charge on any atom is -0.345 e. The Kier molecular flexibility index (Phi) is 5.73. The molecule has 1 aliphatic carbocycles. The number of aromatic nitrogens is 2. The number of fused-ring (bicyclic) bond motifs is 1. The average Bonchev–Trinajstić information content (AvgIpc) is 3.29. The molecule has 3 aromatic rings. The maximum atomic E-state index is 13.2. The first-order valence-corrected chi connectivity index (χ1v) is 12.8. The summed E-state index contributed by atoms with van der Waals surface area (Å²) in [5.74, 6) is 0.579. The lowest BCUT2D eigenvalue weighted by atomic mass is 9.84. The van der Waals surface area contributed by atoms with Crippen LogP contribution in [0.4, 0.5) is 0 Å². The number of hydrogen-bond acceptors (Lipinski definition) is 4. The van der Waals surface area contributed by atoms with Gasteiger partial charge in [0.1, 0.15) is 10.5 Å². The Balaban J connectivity index is 1.24. The molecule has 0 atom stereocenters. The minimum absolute atomic E-state index is 0.0338. The van der Waals surface area contributed by atoms with E-state index < -0.39 is 10.0 Å². The van der Waals surface area contributed by atoms with Gasteiger partial charge in [-0.05, 0) is 48.6 Å². The number of hydrogen-bond donors (Lipinski definition) is 1. The van der Waals surface area contributed by atoms with Gasteiger partial charge in [0, 0.05) is 49.5 Å². The van der Waals surface area contributed by atoms with E-state index in [9.17, 15) is 13.2 Å². The Morgan fingerprint density at radius 3 is 2.41 bits per heavy atom.